The number of carbonyl (C=O) groups is 1. The van der Waals surface area contributed by atoms with E-state index < -0.39 is 0 Å². The number of aromatic nitrogens is 2. The van der Waals surface area contributed by atoms with E-state index >= 15 is 0 Å². The lowest BCUT2D eigenvalue weighted by molar-refractivity contribution is -0.120. The van der Waals surface area contributed by atoms with Gasteiger partial charge >= 0.3 is 0 Å². The maximum absolute atomic E-state index is 12.9. The predicted molar refractivity (Wildman–Crippen MR) is 126 cm³/mol. The van der Waals surface area contributed by atoms with E-state index in [2.05, 4.69) is 36.3 Å². The molecule has 160 valence electrons. The number of ether oxygens (including phenoxy) is 1. The fourth-order valence-corrected chi connectivity index (χ4v) is 4.37. The summed E-state index contributed by atoms with van der Waals surface area (Å²) in [6.45, 7) is 3.49. The second-order valence-electron chi connectivity index (χ2n) is 7.71. The Bertz CT molecular complexity index is 1070. The Hall–Kier alpha value is -2.93. The SMILES string of the molecule is COc1ccccc1-c1ccc(N2CCCC(C(=O)Nc3ccc(Br)cc3C)C2)nn1. The molecule has 1 aliphatic heterocycles. The summed E-state index contributed by atoms with van der Waals surface area (Å²) in [6.07, 6.45) is 1.80. The zero-order valence-corrected chi connectivity index (χ0v) is 19.2. The molecule has 0 radical (unpaired) electrons. The third-order valence-electron chi connectivity index (χ3n) is 5.60. The molecule has 1 aliphatic rings. The van der Waals surface area contributed by atoms with Crippen molar-refractivity contribution in [3.05, 3.63) is 64.6 Å². The van der Waals surface area contributed by atoms with Crippen molar-refractivity contribution in [1.82, 2.24) is 10.2 Å². The van der Waals surface area contributed by atoms with Crippen molar-refractivity contribution < 1.29 is 9.53 Å². The maximum atomic E-state index is 12.9. The fourth-order valence-electron chi connectivity index (χ4n) is 3.90. The van der Waals surface area contributed by atoms with Crippen molar-refractivity contribution in [3.8, 4) is 17.0 Å². The molecule has 1 unspecified atom stereocenters. The Kier molecular flexibility index (Phi) is 6.51. The van der Waals surface area contributed by atoms with Gasteiger partial charge in [-0.1, -0.05) is 28.1 Å². The number of carbonyl (C=O) groups excluding carboxylic acids is 1. The van der Waals surface area contributed by atoms with Crippen molar-refractivity contribution in [2.45, 2.75) is 19.8 Å². The number of hydrogen-bond donors (Lipinski definition) is 1. The van der Waals surface area contributed by atoms with Crippen LogP contribution in [0.15, 0.2) is 59.1 Å². The smallest absolute Gasteiger partial charge is 0.229 e. The number of para-hydroxylation sites is 1. The number of amides is 1. The van der Waals surface area contributed by atoms with E-state index in [9.17, 15) is 4.79 Å². The number of anilines is 2. The van der Waals surface area contributed by atoms with Crippen LogP contribution < -0.4 is 15.0 Å². The number of halogens is 1. The zero-order chi connectivity index (χ0) is 21.8. The van der Waals surface area contributed by atoms with Crippen LogP contribution in [-0.2, 0) is 4.79 Å². The molecule has 3 aromatic rings. The highest BCUT2D eigenvalue weighted by Crippen LogP contribution is 2.29. The topological polar surface area (TPSA) is 67.3 Å². The molecular formula is C24H25BrN4O2. The Labute approximate surface area is 190 Å². The van der Waals surface area contributed by atoms with Crippen LogP contribution in [0.25, 0.3) is 11.3 Å². The molecule has 0 bridgehead atoms. The van der Waals surface area contributed by atoms with Gasteiger partial charge in [0.2, 0.25) is 5.91 Å². The number of nitrogens with one attached hydrogen (secondary N) is 1. The third-order valence-corrected chi connectivity index (χ3v) is 6.09. The van der Waals surface area contributed by atoms with E-state index in [1.165, 1.54) is 0 Å². The normalized spacial score (nSPS) is 16.1. The second kappa shape index (κ2) is 9.47. The van der Waals surface area contributed by atoms with Gasteiger partial charge in [-0.2, -0.15) is 0 Å². The summed E-state index contributed by atoms with van der Waals surface area (Å²) < 4.78 is 6.43. The van der Waals surface area contributed by atoms with Gasteiger partial charge in [-0.15, -0.1) is 10.2 Å². The number of nitrogens with zero attached hydrogens (tertiary/aromatic N) is 3. The van der Waals surface area contributed by atoms with Crippen LogP contribution in [0.2, 0.25) is 0 Å². The first-order chi connectivity index (χ1) is 15.0. The fraction of sp³-hybridized carbons (Fsp3) is 0.292. The molecular weight excluding hydrogens is 456 g/mol. The number of benzene rings is 2. The standard InChI is InChI=1S/C24H25BrN4O2/c1-16-14-18(25)9-10-20(16)26-24(30)17-6-5-13-29(15-17)23-12-11-21(27-28-23)19-7-3-4-8-22(19)31-2/h3-4,7-12,14,17H,5-6,13,15H2,1-2H3,(H,26,30). The minimum atomic E-state index is -0.0903. The van der Waals surface area contributed by atoms with Gasteiger partial charge in [-0.3, -0.25) is 4.79 Å². The Balaban J connectivity index is 1.45. The van der Waals surface area contributed by atoms with Crippen LogP contribution in [0, 0.1) is 12.8 Å². The molecule has 1 fully saturated rings. The highest BCUT2D eigenvalue weighted by atomic mass is 79.9. The molecule has 31 heavy (non-hydrogen) atoms. The van der Waals surface area contributed by atoms with E-state index in [1.807, 2.05) is 61.5 Å². The highest BCUT2D eigenvalue weighted by Gasteiger charge is 2.27. The molecule has 4 rings (SSSR count). The number of aryl methyl sites for hydroxylation is 1. The van der Waals surface area contributed by atoms with Gasteiger partial charge in [0.15, 0.2) is 5.82 Å². The molecule has 2 aromatic carbocycles. The Morgan fingerprint density at radius 3 is 2.74 bits per heavy atom. The van der Waals surface area contributed by atoms with Crippen molar-refractivity contribution in [3.63, 3.8) is 0 Å². The molecule has 0 spiro atoms. The van der Waals surface area contributed by atoms with E-state index in [0.29, 0.717) is 6.54 Å². The van der Waals surface area contributed by atoms with Crippen LogP contribution >= 0.6 is 15.9 Å². The van der Waals surface area contributed by atoms with Gasteiger partial charge in [0.25, 0.3) is 0 Å². The average Bonchev–Trinajstić information content (AvgIpc) is 2.81. The minimum Gasteiger partial charge on any atom is -0.496 e. The summed E-state index contributed by atoms with van der Waals surface area (Å²) in [4.78, 5) is 15.0. The Morgan fingerprint density at radius 2 is 2.00 bits per heavy atom. The lowest BCUT2D eigenvalue weighted by atomic mass is 9.97. The largest absolute Gasteiger partial charge is 0.496 e. The molecule has 0 saturated carbocycles. The van der Waals surface area contributed by atoms with Crippen LogP contribution in [0.3, 0.4) is 0 Å². The van der Waals surface area contributed by atoms with E-state index in [4.69, 9.17) is 4.74 Å². The third kappa shape index (κ3) is 4.88. The summed E-state index contributed by atoms with van der Waals surface area (Å²) in [5.74, 6) is 1.51. The first kappa shape index (κ1) is 21.3. The lowest BCUT2D eigenvalue weighted by Crippen LogP contribution is -2.41. The molecule has 7 heteroatoms. The summed E-state index contributed by atoms with van der Waals surface area (Å²) in [5.41, 5.74) is 3.56. The monoisotopic (exact) mass is 480 g/mol. The van der Waals surface area contributed by atoms with Crippen molar-refractivity contribution >= 4 is 33.3 Å². The number of piperidine rings is 1. The van der Waals surface area contributed by atoms with Crippen molar-refractivity contribution in [2.75, 3.05) is 30.4 Å². The summed E-state index contributed by atoms with van der Waals surface area (Å²) in [6, 6.07) is 17.5. The van der Waals surface area contributed by atoms with Crippen molar-refractivity contribution in [2.24, 2.45) is 5.92 Å². The van der Waals surface area contributed by atoms with Gasteiger partial charge in [-0.25, -0.2) is 0 Å². The molecule has 1 amide bonds. The van der Waals surface area contributed by atoms with Crippen LogP contribution in [0.5, 0.6) is 5.75 Å². The van der Waals surface area contributed by atoms with Crippen LogP contribution in [0.1, 0.15) is 18.4 Å². The average molecular weight is 481 g/mol. The molecule has 0 aliphatic carbocycles. The van der Waals surface area contributed by atoms with Gasteiger partial charge in [0, 0.05) is 28.8 Å². The molecule has 1 N–H and O–H groups in total. The Morgan fingerprint density at radius 1 is 1.16 bits per heavy atom. The summed E-state index contributed by atoms with van der Waals surface area (Å²) in [5, 5.41) is 11.9. The van der Waals surface area contributed by atoms with Gasteiger partial charge in [0.05, 0.1) is 18.7 Å². The summed E-state index contributed by atoms with van der Waals surface area (Å²) >= 11 is 3.46. The molecule has 1 aromatic heterocycles. The first-order valence-electron chi connectivity index (χ1n) is 10.3. The van der Waals surface area contributed by atoms with Crippen LogP contribution in [0.4, 0.5) is 11.5 Å². The number of hydrogen-bond acceptors (Lipinski definition) is 5. The molecule has 6 nitrogen and oxygen atoms in total. The number of methoxy groups -OCH3 is 1. The van der Waals surface area contributed by atoms with Gasteiger partial charge in [-0.05, 0) is 67.8 Å². The minimum absolute atomic E-state index is 0.0497. The molecule has 2 heterocycles. The van der Waals surface area contributed by atoms with E-state index in [1.54, 1.807) is 7.11 Å². The van der Waals surface area contributed by atoms with E-state index in [-0.39, 0.29) is 11.8 Å². The lowest BCUT2D eigenvalue weighted by Gasteiger charge is -2.32. The second-order valence-corrected chi connectivity index (χ2v) is 8.63. The highest BCUT2D eigenvalue weighted by molar-refractivity contribution is 9.10. The van der Waals surface area contributed by atoms with Crippen LogP contribution in [-0.4, -0.2) is 36.3 Å². The first-order valence-corrected chi connectivity index (χ1v) is 11.1. The van der Waals surface area contributed by atoms with E-state index in [0.717, 1.165) is 57.9 Å². The predicted octanol–water partition coefficient (Wildman–Crippen LogP) is 5.08. The number of rotatable bonds is 5. The quantitative estimate of drug-likeness (QED) is 0.551. The maximum Gasteiger partial charge on any atom is 0.229 e. The summed E-state index contributed by atoms with van der Waals surface area (Å²) in [7, 11) is 1.65. The molecule has 1 saturated heterocycles. The van der Waals surface area contributed by atoms with Gasteiger partial charge < -0.3 is 15.0 Å². The zero-order valence-electron chi connectivity index (χ0n) is 17.6. The van der Waals surface area contributed by atoms with Crippen molar-refractivity contribution in [1.29, 1.82) is 0 Å². The van der Waals surface area contributed by atoms with Gasteiger partial charge in [0.1, 0.15) is 5.75 Å². The molecule has 1 atom stereocenters.